The highest BCUT2D eigenvalue weighted by molar-refractivity contribution is 5.96. The lowest BCUT2D eigenvalue weighted by molar-refractivity contribution is -0.137. The number of anilines is 1. The second-order valence-corrected chi connectivity index (χ2v) is 7.12. The number of carboxylic acid groups (broad SMARTS) is 1. The number of aromatic carboxylic acids is 1. The molecule has 0 radical (unpaired) electrons. The van der Waals surface area contributed by atoms with E-state index in [4.69, 9.17) is 9.84 Å². The van der Waals surface area contributed by atoms with E-state index >= 15 is 0 Å². The van der Waals surface area contributed by atoms with Gasteiger partial charge in [-0.2, -0.15) is 13.2 Å². The van der Waals surface area contributed by atoms with Gasteiger partial charge in [-0.15, -0.1) is 0 Å². The molecule has 0 atom stereocenters. The lowest BCUT2D eigenvalue weighted by Crippen LogP contribution is -2.24. The molecular formula is C20H20F3NO4. The summed E-state index contributed by atoms with van der Waals surface area (Å²) < 4.78 is 44.5. The summed E-state index contributed by atoms with van der Waals surface area (Å²) in [6.45, 7) is 4.98. The molecule has 0 unspecified atom stereocenters. The van der Waals surface area contributed by atoms with E-state index in [-0.39, 0.29) is 23.4 Å². The summed E-state index contributed by atoms with van der Waals surface area (Å²) in [5.41, 5.74) is -1.24. The number of nitrogens with one attached hydrogen (secondary N) is 1. The van der Waals surface area contributed by atoms with E-state index in [1.807, 2.05) is 0 Å². The first-order chi connectivity index (χ1) is 12.9. The first kappa shape index (κ1) is 21.3. The summed E-state index contributed by atoms with van der Waals surface area (Å²) in [7, 11) is 0. The molecule has 0 aromatic heterocycles. The lowest BCUT2D eigenvalue weighted by Gasteiger charge is -2.21. The van der Waals surface area contributed by atoms with Crippen LogP contribution in [0.1, 0.15) is 52.6 Å². The third-order valence-electron chi connectivity index (χ3n) is 3.62. The fourth-order valence-corrected chi connectivity index (χ4v) is 2.39. The van der Waals surface area contributed by atoms with Crippen LogP contribution in [0.15, 0.2) is 42.5 Å². The highest BCUT2D eigenvalue weighted by Gasteiger charge is 2.32. The third kappa shape index (κ3) is 5.73. The zero-order chi connectivity index (χ0) is 21.1. The number of hydrogen-bond acceptors (Lipinski definition) is 4. The average Bonchev–Trinajstić information content (AvgIpc) is 2.57. The van der Waals surface area contributed by atoms with Crippen molar-refractivity contribution in [1.82, 2.24) is 0 Å². The van der Waals surface area contributed by atoms with E-state index in [0.29, 0.717) is 5.56 Å². The quantitative estimate of drug-likeness (QED) is 0.699. The maximum Gasteiger partial charge on any atom is 0.416 e. The number of carbonyl (C=O) groups is 2. The molecule has 0 aliphatic heterocycles. The Balaban J connectivity index is 2.34. The highest BCUT2D eigenvalue weighted by Crippen LogP contribution is 2.33. The maximum absolute atomic E-state index is 13.1. The number of rotatable bonds is 5. The smallest absolute Gasteiger partial charge is 0.416 e. The molecule has 0 bridgehead atoms. The molecule has 5 nitrogen and oxygen atoms in total. The summed E-state index contributed by atoms with van der Waals surface area (Å²) >= 11 is 0. The van der Waals surface area contributed by atoms with Gasteiger partial charge in [-0.1, -0.05) is 12.1 Å². The molecule has 28 heavy (non-hydrogen) atoms. The maximum atomic E-state index is 13.1. The van der Waals surface area contributed by atoms with E-state index in [9.17, 15) is 22.8 Å². The molecule has 2 aromatic carbocycles. The predicted molar refractivity (Wildman–Crippen MR) is 97.3 cm³/mol. The Bertz CT molecular complexity index is 886. The van der Waals surface area contributed by atoms with E-state index < -0.39 is 29.3 Å². The molecule has 0 spiro atoms. The largest absolute Gasteiger partial charge is 0.478 e. The summed E-state index contributed by atoms with van der Waals surface area (Å²) in [6.07, 6.45) is -4.58. The van der Waals surface area contributed by atoms with Crippen molar-refractivity contribution in [3.8, 4) is 0 Å². The van der Waals surface area contributed by atoms with Crippen LogP contribution in [-0.2, 0) is 17.5 Å². The van der Waals surface area contributed by atoms with Gasteiger partial charge in [0.2, 0.25) is 0 Å². The van der Waals surface area contributed by atoms with Crippen LogP contribution >= 0.6 is 0 Å². The van der Waals surface area contributed by atoms with Gasteiger partial charge in [0.15, 0.2) is 0 Å². The molecule has 2 N–H and O–H groups in total. The molecule has 0 fully saturated rings. The van der Waals surface area contributed by atoms with Crippen LogP contribution < -0.4 is 5.32 Å². The summed E-state index contributed by atoms with van der Waals surface area (Å²) in [5, 5.41) is 11.8. The minimum atomic E-state index is -4.58. The van der Waals surface area contributed by atoms with Crippen molar-refractivity contribution >= 4 is 17.6 Å². The number of alkyl halides is 3. The molecule has 0 saturated heterocycles. The molecule has 0 saturated carbocycles. The van der Waals surface area contributed by atoms with Crippen LogP contribution in [0.2, 0.25) is 0 Å². The van der Waals surface area contributed by atoms with E-state index in [0.717, 1.165) is 18.2 Å². The predicted octanol–water partition coefficient (Wildman–Crippen LogP) is 4.97. The number of esters is 1. The van der Waals surface area contributed by atoms with Gasteiger partial charge in [0.25, 0.3) is 0 Å². The van der Waals surface area contributed by atoms with Crippen molar-refractivity contribution < 1.29 is 32.6 Å². The van der Waals surface area contributed by atoms with Gasteiger partial charge in [-0.05, 0) is 56.7 Å². The highest BCUT2D eigenvalue weighted by atomic mass is 19.4. The Kier molecular flexibility index (Phi) is 6.01. The average molecular weight is 395 g/mol. The Morgan fingerprint density at radius 3 is 2.32 bits per heavy atom. The topological polar surface area (TPSA) is 75.6 Å². The number of hydrogen-bond donors (Lipinski definition) is 2. The van der Waals surface area contributed by atoms with Crippen LogP contribution in [0.5, 0.6) is 0 Å². The first-order valence-electron chi connectivity index (χ1n) is 8.37. The number of ether oxygens (including phenoxy) is 1. The van der Waals surface area contributed by atoms with E-state index in [1.54, 1.807) is 26.8 Å². The lowest BCUT2D eigenvalue weighted by atomic mass is 10.1. The van der Waals surface area contributed by atoms with Gasteiger partial charge >= 0.3 is 18.1 Å². The molecule has 8 heteroatoms. The van der Waals surface area contributed by atoms with Crippen LogP contribution in [0.3, 0.4) is 0 Å². The Morgan fingerprint density at radius 2 is 1.75 bits per heavy atom. The molecule has 0 aliphatic rings. The van der Waals surface area contributed by atoms with E-state index in [2.05, 4.69) is 5.32 Å². The minimum Gasteiger partial charge on any atom is -0.478 e. The van der Waals surface area contributed by atoms with Crippen molar-refractivity contribution in [3.05, 3.63) is 64.7 Å². The summed E-state index contributed by atoms with van der Waals surface area (Å²) in [5.74, 6) is -1.88. The molecule has 2 aromatic rings. The van der Waals surface area contributed by atoms with Crippen molar-refractivity contribution in [2.45, 2.75) is 39.1 Å². The molecule has 2 rings (SSSR count). The fourth-order valence-electron chi connectivity index (χ4n) is 2.39. The number of halogens is 3. The zero-order valence-corrected chi connectivity index (χ0v) is 15.6. The molecule has 150 valence electrons. The van der Waals surface area contributed by atoms with Crippen LogP contribution in [0.25, 0.3) is 0 Å². The molecule has 0 amide bonds. The van der Waals surface area contributed by atoms with Gasteiger partial charge < -0.3 is 15.2 Å². The first-order valence-corrected chi connectivity index (χ1v) is 8.37. The summed E-state index contributed by atoms with van der Waals surface area (Å²) in [6, 6.07) is 8.67. The molecule has 0 aliphatic carbocycles. The normalized spacial score (nSPS) is 11.8. The number of carboxylic acids is 1. The fraction of sp³-hybridized carbons (Fsp3) is 0.300. The van der Waals surface area contributed by atoms with Crippen LogP contribution in [0, 0.1) is 0 Å². The SMILES string of the molecule is CC(C)(C)OC(=O)c1ccc(C(F)(F)F)cc1NCc1cccc(C(=O)O)c1. The second kappa shape index (κ2) is 7.92. The second-order valence-electron chi connectivity index (χ2n) is 7.12. The van der Waals surface area contributed by atoms with E-state index in [1.165, 1.54) is 18.2 Å². The van der Waals surface area contributed by atoms with Gasteiger partial charge in [-0.25, -0.2) is 9.59 Å². The Hall–Kier alpha value is -3.03. The number of benzene rings is 2. The van der Waals surface area contributed by atoms with Gasteiger partial charge in [0, 0.05) is 12.2 Å². The monoisotopic (exact) mass is 395 g/mol. The van der Waals surface area contributed by atoms with Gasteiger partial charge in [0.05, 0.1) is 16.7 Å². The Labute approximate surface area is 160 Å². The Morgan fingerprint density at radius 1 is 1.07 bits per heavy atom. The summed E-state index contributed by atoms with van der Waals surface area (Å²) in [4.78, 5) is 23.4. The van der Waals surface area contributed by atoms with Crippen LogP contribution in [-0.4, -0.2) is 22.6 Å². The van der Waals surface area contributed by atoms with Gasteiger partial charge in [-0.3, -0.25) is 0 Å². The number of carbonyl (C=O) groups excluding carboxylic acids is 1. The van der Waals surface area contributed by atoms with Crippen molar-refractivity contribution in [2.24, 2.45) is 0 Å². The molecule has 0 heterocycles. The minimum absolute atomic E-state index is 0.0260. The third-order valence-corrected chi connectivity index (χ3v) is 3.62. The van der Waals surface area contributed by atoms with Gasteiger partial charge in [0.1, 0.15) is 5.60 Å². The zero-order valence-electron chi connectivity index (χ0n) is 15.6. The van der Waals surface area contributed by atoms with Crippen molar-refractivity contribution in [2.75, 3.05) is 5.32 Å². The molecular weight excluding hydrogens is 375 g/mol. The van der Waals surface area contributed by atoms with Crippen molar-refractivity contribution in [1.29, 1.82) is 0 Å². The van der Waals surface area contributed by atoms with Crippen molar-refractivity contribution in [3.63, 3.8) is 0 Å². The standard InChI is InChI=1S/C20H20F3NO4/c1-19(2,3)28-18(27)15-8-7-14(20(21,22)23)10-16(15)24-11-12-5-4-6-13(9-12)17(25)26/h4-10,24H,11H2,1-3H3,(H,25,26). The van der Waals surface area contributed by atoms with Crippen LogP contribution in [0.4, 0.5) is 18.9 Å².